The van der Waals surface area contributed by atoms with Crippen molar-refractivity contribution in [2.24, 2.45) is 0 Å². The van der Waals surface area contributed by atoms with Gasteiger partial charge in [0, 0.05) is 24.1 Å². The summed E-state index contributed by atoms with van der Waals surface area (Å²) in [6, 6.07) is 15.4. The lowest BCUT2D eigenvalue weighted by molar-refractivity contribution is -0.116. The van der Waals surface area contributed by atoms with Gasteiger partial charge in [-0.25, -0.2) is 0 Å². The predicted octanol–water partition coefficient (Wildman–Crippen LogP) is 4.42. The SMILES string of the molecule is CCCOc1ccc(/C=C/C(=O)NCCSCc2ccccc2C#N)cc1OC. The minimum atomic E-state index is -0.145. The molecule has 0 aliphatic carbocycles. The summed E-state index contributed by atoms with van der Waals surface area (Å²) in [5.41, 5.74) is 2.59. The van der Waals surface area contributed by atoms with Crippen LogP contribution in [0.2, 0.25) is 0 Å². The fourth-order valence-corrected chi connectivity index (χ4v) is 3.40. The van der Waals surface area contributed by atoms with Crippen molar-refractivity contribution in [2.45, 2.75) is 19.1 Å². The Bertz CT molecular complexity index is 875. The number of rotatable bonds is 11. The van der Waals surface area contributed by atoms with E-state index in [0.29, 0.717) is 30.2 Å². The lowest BCUT2D eigenvalue weighted by Gasteiger charge is -2.10. The smallest absolute Gasteiger partial charge is 0.244 e. The molecule has 0 radical (unpaired) electrons. The van der Waals surface area contributed by atoms with Gasteiger partial charge in [0.2, 0.25) is 5.91 Å². The zero-order valence-electron chi connectivity index (χ0n) is 16.8. The Morgan fingerprint density at radius 1 is 1.24 bits per heavy atom. The number of hydrogen-bond donors (Lipinski definition) is 1. The number of carbonyl (C=O) groups is 1. The largest absolute Gasteiger partial charge is 0.493 e. The molecule has 0 fully saturated rings. The van der Waals surface area contributed by atoms with Gasteiger partial charge in [-0.1, -0.05) is 31.2 Å². The molecule has 0 atom stereocenters. The lowest BCUT2D eigenvalue weighted by atomic mass is 10.1. The highest BCUT2D eigenvalue weighted by molar-refractivity contribution is 7.98. The number of carbonyl (C=O) groups excluding carboxylic acids is 1. The van der Waals surface area contributed by atoms with E-state index in [9.17, 15) is 4.79 Å². The number of ether oxygens (including phenoxy) is 2. The van der Waals surface area contributed by atoms with Crippen LogP contribution in [0.4, 0.5) is 0 Å². The molecule has 0 aliphatic rings. The van der Waals surface area contributed by atoms with E-state index in [-0.39, 0.29) is 5.91 Å². The molecule has 1 amide bonds. The molecule has 5 nitrogen and oxygen atoms in total. The molecule has 1 N–H and O–H groups in total. The molecule has 152 valence electrons. The molecule has 0 unspecified atom stereocenters. The molecule has 0 heterocycles. The second kappa shape index (κ2) is 12.5. The first-order valence-electron chi connectivity index (χ1n) is 9.50. The highest BCUT2D eigenvalue weighted by atomic mass is 32.2. The van der Waals surface area contributed by atoms with E-state index >= 15 is 0 Å². The first kappa shape index (κ1) is 22.4. The summed E-state index contributed by atoms with van der Waals surface area (Å²) in [4.78, 5) is 12.0. The quantitative estimate of drug-likeness (QED) is 0.439. The average Bonchev–Trinajstić information content (AvgIpc) is 2.76. The van der Waals surface area contributed by atoms with Gasteiger partial charge in [-0.15, -0.1) is 0 Å². The molecule has 2 aromatic carbocycles. The van der Waals surface area contributed by atoms with Crippen molar-refractivity contribution in [3.63, 3.8) is 0 Å². The number of nitrogens with one attached hydrogen (secondary N) is 1. The van der Waals surface area contributed by atoms with Gasteiger partial charge in [0.25, 0.3) is 0 Å². The van der Waals surface area contributed by atoms with Crippen molar-refractivity contribution in [1.82, 2.24) is 5.32 Å². The molecule has 0 aromatic heterocycles. The summed E-state index contributed by atoms with van der Waals surface area (Å²) >= 11 is 1.68. The third-order valence-corrected chi connectivity index (χ3v) is 5.03. The van der Waals surface area contributed by atoms with Gasteiger partial charge in [-0.05, 0) is 41.8 Å². The van der Waals surface area contributed by atoms with Crippen LogP contribution in [0.1, 0.15) is 30.0 Å². The molecule has 0 aliphatic heterocycles. The zero-order valence-corrected chi connectivity index (χ0v) is 17.6. The first-order chi connectivity index (χ1) is 14.2. The maximum Gasteiger partial charge on any atom is 0.244 e. The van der Waals surface area contributed by atoms with Crippen LogP contribution in [-0.4, -0.2) is 31.9 Å². The molecular formula is C23H26N2O3S. The van der Waals surface area contributed by atoms with Gasteiger partial charge in [0.1, 0.15) is 0 Å². The number of amides is 1. The molecule has 0 saturated heterocycles. The van der Waals surface area contributed by atoms with E-state index in [4.69, 9.17) is 14.7 Å². The fourth-order valence-electron chi connectivity index (χ4n) is 2.53. The number of methoxy groups -OCH3 is 1. The normalized spacial score (nSPS) is 10.5. The monoisotopic (exact) mass is 410 g/mol. The first-order valence-corrected chi connectivity index (χ1v) is 10.7. The van der Waals surface area contributed by atoms with Gasteiger partial charge >= 0.3 is 0 Å². The standard InChI is InChI=1S/C23H26N2O3S/c1-3-13-28-21-10-8-18(15-22(21)27-2)9-11-23(26)25-12-14-29-17-20-7-5-4-6-19(20)16-24/h4-11,15H,3,12-14,17H2,1-2H3,(H,25,26)/b11-9+. The number of hydrogen-bond acceptors (Lipinski definition) is 5. The summed E-state index contributed by atoms with van der Waals surface area (Å²) in [7, 11) is 1.60. The third kappa shape index (κ3) is 7.55. The Morgan fingerprint density at radius 2 is 2.07 bits per heavy atom. The molecule has 29 heavy (non-hydrogen) atoms. The second-order valence-electron chi connectivity index (χ2n) is 6.20. The summed E-state index contributed by atoms with van der Waals surface area (Å²) < 4.78 is 11.0. The average molecular weight is 411 g/mol. The summed E-state index contributed by atoms with van der Waals surface area (Å²) in [6.07, 6.45) is 4.18. The van der Waals surface area contributed by atoms with Crippen molar-refractivity contribution in [3.05, 3.63) is 65.2 Å². The van der Waals surface area contributed by atoms with Crippen LogP contribution in [-0.2, 0) is 10.5 Å². The van der Waals surface area contributed by atoms with Crippen molar-refractivity contribution in [3.8, 4) is 17.6 Å². The van der Waals surface area contributed by atoms with E-state index in [1.54, 1.807) is 24.9 Å². The van der Waals surface area contributed by atoms with Gasteiger partial charge in [0.05, 0.1) is 25.3 Å². The van der Waals surface area contributed by atoms with E-state index in [1.807, 2.05) is 49.4 Å². The van der Waals surface area contributed by atoms with Crippen molar-refractivity contribution in [1.29, 1.82) is 5.26 Å². The van der Waals surface area contributed by atoms with Gasteiger partial charge in [-0.2, -0.15) is 17.0 Å². The highest BCUT2D eigenvalue weighted by Gasteiger charge is 2.05. The van der Waals surface area contributed by atoms with E-state index in [2.05, 4.69) is 11.4 Å². The van der Waals surface area contributed by atoms with Gasteiger partial charge in [-0.3, -0.25) is 4.79 Å². The fraction of sp³-hybridized carbons (Fsp3) is 0.304. The topological polar surface area (TPSA) is 71.3 Å². The second-order valence-corrected chi connectivity index (χ2v) is 7.31. The molecule has 2 aromatic rings. The van der Waals surface area contributed by atoms with Crippen LogP contribution in [0, 0.1) is 11.3 Å². The van der Waals surface area contributed by atoms with Crippen LogP contribution in [0.5, 0.6) is 11.5 Å². The highest BCUT2D eigenvalue weighted by Crippen LogP contribution is 2.28. The van der Waals surface area contributed by atoms with Crippen molar-refractivity contribution in [2.75, 3.05) is 26.0 Å². The van der Waals surface area contributed by atoms with E-state index in [0.717, 1.165) is 29.1 Å². The maximum atomic E-state index is 12.0. The Kier molecular flexibility index (Phi) is 9.67. The Balaban J connectivity index is 1.76. The minimum absolute atomic E-state index is 0.145. The lowest BCUT2D eigenvalue weighted by Crippen LogP contribution is -2.23. The zero-order chi connectivity index (χ0) is 20.9. The van der Waals surface area contributed by atoms with Crippen LogP contribution in [0.3, 0.4) is 0 Å². The molecular weight excluding hydrogens is 384 g/mol. The predicted molar refractivity (Wildman–Crippen MR) is 118 cm³/mol. The molecule has 0 bridgehead atoms. The Morgan fingerprint density at radius 3 is 2.83 bits per heavy atom. The summed E-state index contributed by atoms with van der Waals surface area (Å²) in [5.74, 6) is 2.73. The molecule has 0 spiro atoms. The number of nitriles is 1. The maximum absolute atomic E-state index is 12.0. The van der Waals surface area contributed by atoms with Crippen LogP contribution < -0.4 is 14.8 Å². The van der Waals surface area contributed by atoms with E-state index in [1.165, 1.54) is 6.08 Å². The molecule has 2 rings (SSSR count). The summed E-state index contributed by atoms with van der Waals surface area (Å²) in [6.45, 7) is 3.25. The van der Waals surface area contributed by atoms with Crippen molar-refractivity contribution >= 4 is 23.7 Å². The minimum Gasteiger partial charge on any atom is -0.493 e. The van der Waals surface area contributed by atoms with Crippen LogP contribution in [0.15, 0.2) is 48.5 Å². The number of thioether (sulfide) groups is 1. The number of benzene rings is 2. The molecule has 6 heteroatoms. The van der Waals surface area contributed by atoms with Crippen LogP contribution >= 0.6 is 11.8 Å². The molecule has 0 saturated carbocycles. The van der Waals surface area contributed by atoms with E-state index < -0.39 is 0 Å². The van der Waals surface area contributed by atoms with Gasteiger partial charge in [0.15, 0.2) is 11.5 Å². The van der Waals surface area contributed by atoms with Crippen LogP contribution in [0.25, 0.3) is 6.08 Å². The Hall–Kier alpha value is -2.91. The number of nitrogens with zero attached hydrogens (tertiary/aromatic N) is 1. The van der Waals surface area contributed by atoms with Gasteiger partial charge < -0.3 is 14.8 Å². The summed E-state index contributed by atoms with van der Waals surface area (Å²) in [5, 5.41) is 12.0. The third-order valence-electron chi connectivity index (χ3n) is 4.02. The Labute approximate surface area is 176 Å². The van der Waals surface area contributed by atoms with Crippen molar-refractivity contribution < 1.29 is 14.3 Å².